The molecular formula is C21H17F3N2O7S3. The van der Waals surface area contributed by atoms with Crippen molar-refractivity contribution < 1.29 is 45.9 Å². The molecule has 36 heavy (non-hydrogen) atoms. The van der Waals surface area contributed by atoms with E-state index in [-0.39, 0.29) is 32.7 Å². The Morgan fingerprint density at radius 3 is 2.44 bits per heavy atom. The zero-order valence-electron chi connectivity index (χ0n) is 18.0. The van der Waals surface area contributed by atoms with E-state index in [0.717, 1.165) is 17.8 Å². The van der Waals surface area contributed by atoms with E-state index in [9.17, 15) is 36.3 Å². The first-order valence-electron chi connectivity index (χ1n) is 10.1. The lowest BCUT2D eigenvalue weighted by Crippen LogP contribution is -2.49. The van der Waals surface area contributed by atoms with Gasteiger partial charge in [-0.05, 0) is 24.1 Å². The first kappa shape index (κ1) is 26.2. The van der Waals surface area contributed by atoms with E-state index in [1.807, 2.05) is 0 Å². The van der Waals surface area contributed by atoms with E-state index in [2.05, 4.69) is 14.4 Å². The van der Waals surface area contributed by atoms with Gasteiger partial charge in [0.15, 0.2) is 0 Å². The molecule has 1 aliphatic carbocycles. The van der Waals surface area contributed by atoms with Gasteiger partial charge in [-0.1, -0.05) is 35.5 Å². The summed E-state index contributed by atoms with van der Waals surface area (Å²) >= 11 is 1.57. The summed E-state index contributed by atoms with van der Waals surface area (Å²) in [6.45, 7) is 0. The second kappa shape index (κ2) is 9.21. The van der Waals surface area contributed by atoms with Gasteiger partial charge >= 0.3 is 18.1 Å². The maximum atomic E-state index is 13.2. The molecule has 1 fully saturated rings. The highest BCUT2D eigenvalue weighted by molar-refractivity contribution is 8.00. The van der Waals surface area contributed by atoms with Crippen LogP contribution in [0, 0.1) is 0 Å². The molecule has 2 heterocycles. The molecule has 1 aromatic carbocycles. The second-order valence-electron chi connectivity index (χ2n) is 8.02. The van der Waals surface area contributed by atoms with Gasteiger partial charge in [0.05, 0.1) is 10.6 Å². The summed E-state index contributed by atoms with van der Waals surface area (Å²) in [6, 6.07) is 11.3. The molecule has 3 aromatic rings. The average Bonchev–Trinajstić information content (AvgIpc) is 3.19. The van der Waals surface area contributed by atoms with Gasteiger partial charge in [0.25, 0.3) is 10.0 Å². The number of aliphatic carboxylic acids is 2. The molecule has 1 aliphatic rings. The molecule has 0 amide bonds. The van der Waals surface area contributed by atoms with Crippen LogP contribution in [0.3, 0.4) is 0 Å². The number of thioether (sulfide) groups is 1. The minimum Gasteiger partial charge on any atom is -0.481 e. The first-order valence-corrected chi connectivity index (χ1v) is 13.5. The van der Waals surface area contributed by atoms with Crippen LogP contribution in [0.5, 0.6) is 0 Å². The van der Waals surface area contributed by atoms with Gasteiger partial charge in [0.2, 0.25) is 5.76 Å². The first-order chi connectivity index (χ1) is 16.8. The highest BCUT2D eigenvalue weighted by Crippen LogP contribution is 2.60. The van der Waals surface area contributed by atoms with Gasteiger partial charge in [0, 0.05) is 17.2 Å². The van der Waals surface area contributed by atoms with Crippen molar-refractivity contribution >= 4 is 45.1 Å². The lowest BCUT2D eigenvalue weighted by Gasteiger charge is -2.24. The van der Waals surface area contributed by atoms with E-state index < -0.39 is 44.9 Å². The highest BCUT2D eigenvalue weighted by Gasteiger charge is 2.74. The Morgan fingerprint density at radius 2 is 1.86 bits per heavy atom. The van der Waals surface area contributed by atoms with Gasteiger partial charge in [-0.3, -0.25) is 9.59 Å². The number of halogens is 3. The summed E-state index contributed by atoms with van der Waals surface area (Å²) in [5.74, 6) is -4.16. The lowest BCUT2D eigenvalue weighted by atomic mass is 9.92. The van der Waals surface area contributed by atoms with Crippen LogP contribution in [0.15, 0.2) is 57.3 Å². The second-order valence-corrected chi connectivity index (χ2v) is 12.0. The molecular weight excluding hydrogens is 545 g/mol. The average molecular weight is 563 g/mol. The van der Waals surface area contributed by atoms with Gasteiger partial charge in [0.1, 0.15) is 15.4 Å². The number of benzene rings is 1. The van der Waals surface area contributed by atoms with E-state index in [1.165, 1.54) is 6.07 Å². The molecule has 1 saturated carbocycles. The Hall–Kier alpha value is -2.88. The molecule has 3 N–H and O–H groups in total. The number of carbonyl (C=O) groups is 2. The van der Waals surface area contributed by atoms with Gasteiger partial charge in [-0.15, -0.1) is 23.1 Å². The highest BCUT2D eigenvalue weighted by atomic mass is 32.2. The minimum absolute atomic E-state index is 0.0208. The molecule has 0 saturated heterocycles. The predicted molar refractivity (Wildman–Crippen MR) is 123 cm³/mol. The van der Waals surface area contributed by atoms with Gasteiger partial charge in [-0.25, -0.2) is 8.42 Å². The van der Waals surface area contributed by atoms with Crippen LogP contribution in [-0.2, 0) is 31.2 Å². The number of carboxylic acids is 2. The number of thiophene rings is 1. The summed E-state index contributed by atoms with van der Waals surface area (Å²) in [6.07, 6.45) is -4.89. The number of sulfonamides is 1. The molecule has 0 spiro atoms. The van der Waals surface area contributed by atoms with Crippen molar-refractivity contribution in [2.24, 2.45) is 0 Å². The molecule has 192 valence electrons. The number of hydrogen-bond acceptors (Lipinski definition) is 8. The van der Waals surface area contributed by atoms with Crippen molar-refractivity contribution in [2.75, 3.05) is 11.5 Å². The zero-order valence-corrected chi connectivity index (χ0v) is 20.4. The van der Waals surface area contributed by atoms with E-state index >= 15 is 0 Å². The molecule has 2 aromatic heterocycles. The molecule has 9 nitrogen and oxygen atoms in total. The Morgan fingerprint density at radius 1 is 1.17 bits per heavy atom. The largest absolute Gasteiger partial charge is 0.481 e. The monoisotopic (exact) mass is 562 g/mol. The number of alkyl halides is 3. The smallest absolute Gasteiger partial charge is 0.452 e. The maximum absolute atomic E-state index is 13.2. The predicted octanol–water partition coefficient (Wildman–Crippen LogP) is 3.68. The Bertz CT molecular complexity index is 1410. The van der Waals surface area contributed by atoms with E-state index in [1.54, 1.807) is 30.3 Å². The van der Waals surface area contributed by atoms with Crippen molar-refractivity contribution in [2.45, 2.75) is 27.8 Å². The molecule has 4 rings (SSSR count). The van der Waals surface area contributed by atoms with Crippen molar-refractivity contribution in [3.05, 3.63) is 59.9 Å². The molecule has 0 radical (unpaired) electrons. The van der Waals surface area contributed by atoms with Crippen LogP contribution in [0.4, 0.5) is 13.2 Å². The summed E-state index contributed by atoms with van der Waals surface area (Å²) in [5.41, 5.74) is -2.87. The van der Waals surface area contributed by atoms with Crippen molar-refractivity contribution in [1.29, 1.82) is 0 Å². The SMILES string of the molecule is O=C(O)CSC[C@@]1(c2ccccc2)C[C@]1(NS(=O)(=O)c1ccc(-c2cc(C(F)(F)F)on2)s1)C(=O)O. The van der Waals surface area contributed by atoms with Crippen molar-refractivity contribution in [3.8, 4) is 10.6 Å². The van der Waals surface area contributed by atoms with Gasteiger partial charge in [-0.2, -0.15) is 17.9 Å². The van der Waals surface area contributed by atoms with Crippen LogP contribution in [-0.4, -0.2) is 52.8 Å². The fourth-order valence-electron chi connectivity index (χ4n) is 3.95. The third-order valence-corrected chi connectivity index (χ3v) is 9.96. The fraction of sp³-hybridized carbons (Fsp3) is 0.286. The molecule has 0 bridgehead atoms. The fourth-order valence-corrected chi connectivity index (χ4v) is 7.77. The standard InChI is InChI=1S/C21H17F3N2O7S3/c22-21(23,24)15-8-13(25-33-15)14-6-7-17(35-14)36(31,32)26-20(18(29)30)10-19(20,11-34-9-16(27)28)12-4-2-1-3-5-12/h1-8,26H,9-11H2,(H,27,28)(H,29,30)/t19-,20+/m1/s1. The van der Waals surface area contributed by atoms with Crippen molar-refractivity contribution in [1.82, 2.24) is 9.88 Å². The lowest BCUT2D eigenvalue weighted by molar-refractivity contribution is -0.155. The number of hydrogen-bond donors (Lipinski definition) is 3. The van der Waals surface area contributed by atoms with Crippen LogP contribution in [0.1, 0.15) is 17.7 Å². The summed E-state index contributed by atoms with van der Waals surface area (Å²) in [4.78, 5) is 23.5. The Labute approximate surface area is 210 Å². The number of nitrogens with zero attached hydrogens (tertiary/aromatic N) is 1. The number of rotatable bonds is 10. The van der Waals surface area contributed by atoms with Crippen LogP contribution in [0.2, 0.25) is 0 Å². The summed E-state index contributed by atoms with van der Waals surface area (Å²) in [7, 11) is -4.45. The third kappa shape index (κ3) is 4.75. The normalized spacial score (nSPS) is 21.9. The number of carboxylic acid groups (broad SMARTS) is 2. The van der Waals surface area contributed by atoms with E-state index in [0.29, 0.717) is 23.0 Å². The van der Waals surface area contributed by atoms with Gasteiger partial charge < -0.3 is 14.7 Å². The summed E-state index contributed by atoms with van der Waals surface area (Å²) < 4.78 is 71.0. The molecule has 2 atom stereocenters. The quantitative estimate of drug-likeness (QED) is 0.337. The minimum atomic E-state index is -4.77. The number of nitrogens with one attached hydrogen (secondary N) is 1. The molecule has 0 unspecified atom stereocenters. The van der Waals surface area contributed by atoms with Crippen LogP contribution < -0.4 is 4.72 Å². The number of aromatic nitrogens is 1. The Kier molecular flexibility index (Phi) is 6.70. The Balaban J connectivity index is 1.65. The molecule has 0 aliphatic heterocycles. The van der Waals surface area contributed by atoms with Crippen LogP contribution in [0.25, 0.3) is 10.6 Å². The zero-order chi connectivity index (χ0) is 26.4. The third-order valence-electron chi connectivity index (χ3n) is 5.72. The topological polar surface area (TPSA) is 147 Å². The van der Waals surface area contributed by atoms with Crippen molar-refractivity contribution in [3.63, 3.8) is 0 Å². The van der Waals surface area contributed by atoms with E-state index in [4.69, 9.17) is 5.11 Å². The maximum Gasteiger partial charge on any atom is 0.452 e. The molecule has 15 heteroatoms. The van der Waals surface area contributed by atoms with Crippen LogP contribution >= 0.6 is 23.1 Å². The summed E-state index contributed by atoms with van der Waals surface area (Å²) in [5, 5.41) is 22.4.